The first-order valence-electron chi connectivity index (χ1n) is 6.54. The largest absolute Gasteiger partial charge is 0.478 e. The number of aromatic carboxylic acids is 1. The van der Waals surface area contributed by atoms with Gasteiger partial charge in [-0.25, -0.2) is 14.4 Å². The van der Waals surface area contributed by atoms with Crippen LogP contribution in [0.1, 0.15) is 42.7 Å². The van der Waals surface area contributed by atoms with Crippen molar-refractivity contribution in [3.63, 3.8) is 0 Å². The molecule has 22 heavy (non-hydrogen) atoms. The minimum Gasteiger partial charge on any atom is -0.478 e. The highest BCUT2D eigenvalue weighted by molar-refractivity contribution is 5.88. The summed E-state index contributed by atoms with van der Waals surface area (Å²) in [5, 5.41) is 11.3. The number of nitrogens with one attached hydrogen (secondary N) is 1. The molecule has 0 aliphatic rings. The molecule has 1 atom stereocenters. The fraction of sp³-hybridized carbons (Fsp3) is 0.400. The Morgan fingerprint density at radius 1 is 1.14 bits per heavy atom. The van der Waals surface area contributed by atoms with Gasteiger partial charge in [0.25, 0.3) is 0 Å². The van der Waals surface area contributed by atoms with E-state index >= 15 is 0 Å². The molecule has 0 radical (unpaired) electrons. The van der Waals surface area contributed by atoms with E-state index in [1.807, 2.05) is 0 Å². The number of carboxylic acid groups (broad SMARTS) is 1. The summed E-state index contributed by atoms with van der Waals surface area (Å²) < 4.78 is 9.74. The molecule has 0 fully saturated rings. The van der Waals surface area contributed by atoms with Crippen molar-refractivity contribution in [1.82, 2.24) is 5.32 Å². The van der Waals surface area contributed by atoms with Crippen LogP contribution >= 0.6 is 0 Å². The highest BCUT2D eigenvalue weighted by Gasteiger charge is 2.26. The number of carbonyl (C=O) groups excluding carboxylic acids is 2. The number of carboxylic acids is 1. The summed E-state index contributed by atoms with van der Waals surface area (Å²) in [7, 11) is 1.19. The van der Waals surface area contributed by atoms with E-state index in [4.69, 9.17) is 9.84 Å². The van der Waals surface area contributed by atoms with Crippen LogP contribution in [0.3, 0.4) is 0 Å². The summed E-state index contributed by atoms with van der Waals surface area (Å²) in [6, 6.07) is 4.46. The number of esters is 1. The Bertz CT molecular complexity index is 558. The maximum atomic E-state index is 11.8. The van der Waals surface area contributed by atoms with Crippen LogP contribution in [0.5, 0.6) is 0 Å². The van der Waals surface area contributed by atoms with Gasteiger partial charge >= 0.3 is 18.0 Å². The summed E-state index contributed by atoms with van der Waals surface area (Å²) in [5.41, 5.74) is -0.245. The second-order valence-electron chi connectivity index (χ2n) is 5.53. The molecular weight excluding hydrogens is 290 g/mol. The zero-order valence-corrected chi connectivity index (χ0v) is 12.9. The molecule has 1 amide bonds. The summed E-state index contributed by atoms with van der Waals surface area (Å²) in [6.07, 6.45) is -0.773. The Kier molecular flexibility index (Phi) is 5.50. The van der Waals surface area contributed by atoms with Crippen molar-refractivity contribution < 1.29 is 29.0 Å². The van der Waals surface area contributed by atoms with Gasteiger partial charge in [0.2, 0.25) is 0 Å². The Morgan fingerprint density at radius 3 is 2.09 bits per heavy atom. The van der Waals surface area contributed by atoms with Gasteiger partial charge in [0.15, 0.2) is 6.04 Å². The SMILES string of the molecule is COC(=O)C(NC(=O)OC(C)(C)C)c1ccc(C(=O)O)cc1. The zero-order chi connectivity index (χ0) is 16.9. The molecule has 0 spiro atoms. The lowest BCUT2D eigenvalue weighted by atomic mass is 10.0. The second kappa shape index (κ2) is 6.93. The molecule has 0 saturated carbocycles. The topological polar surface area (TPSA) is 102 Å². The van der Waals surface area contributed by atoms with Crippen molar-refractivity contribution in [1.29, 1.82) is 0 Å². The molecule has 0 heterocycles. The van der Waals surface area contributed by atoms with Crippen LogP contribution in [0.25, 0.3) is 0 Å². The van der Waals surface area contributed by atoms with Crippen molar-refractivity contribution in [2.45, 2.75) is 32.4 Å². The van der Waals surface area contributed by atoms with Gasteiger partial charge in [-0.2, -0.15) is 0 Å². The zero-order valence-electron chi connectivity index (χ0n) is 12.9. The van der Waals surface area contributed by atoms with Gasteiger partial charge in [0.1, 0.15) is 5.60 Å². The standard InChI is InChI=1S/C15H19NO6/c1-15(2,3)22-14(20)16-11(13(19)21-4)9-5-7-10(8-6-9)12(17)18/h5-8,11H,1-4H3,(H,16,20)(H,17,18). The molecule has 1 aromatic rings. The first kappa shape index (κ1) is 17.5. The average Bonchev–Trinajstić information content (AvgIpc) is 2.42. The van der Waals surface area contributed by atoms with Crippen LogP contribution in [-0.2, 0) is 14.3 Å². The van der Waals surface area contributed by atoms with Crippen molar-refractivity contribution in [3.8, 4) is 0 Å². The highest BCUT2D eigenvalue weighted by atomic mass is 16.6. The van der Waals surface area contributed by atoms with Crippen molar-refractivity contribution in [2.75, 3.05) is 7.11 Å². The van der Waals surface area contributed by atoms with Crippen molar-refractivity contribution in [2.24, 2.45) is 0 Å². The third-order valence-electron chi connectivity index (χ3n) is 2.59. The number of methoxy groups -OCH3 is 1. The molecule has 1 unspecified atom stereocenters. The molecule has 0 aliphatic heterocycles. The second-order valence-corrected chi connectivity index (χ2v) is 5.53. The van der Waals surface area contributed by atoms with E-state index in [2.05, 4.69) is 10.1 Å². The van der Waals surface area contributed by atoms with E-state index in [0.29, 0.717) is 5.56 Å². The van der Waals surface area contributed by atoms with Crippen LogP contribution in [0, 0.1) is 0 Å². The number of benzene rings is 1. The van der Waals surface area contributed by atoms with Crippen molar-refractivity contribution in [3.05, 3.63) is 35.4 Å². The van der Waals surface area contributed by atoms with E-state index in [1.54, 1.807) is 20.8 Å². The van der Waals surface area contributed by atoms with Crippen LogP contribution in [-0.4, -0.2) is 35.8 Å². The maximum absolute atomic E-state index is 11.8. The molecule has 0 saturated heterocycles. The third-order valence-corrected chi connectivity index (χ3v) is 2.59. The van der Waals surface area contributed by atoms with E-state index in [9.17, 15) is 14.4 Å². The average molecular weight is 309 g/mol. The number of alkyl carbamates (subject to hydrolysis) is 1. The van der Waals surface area contributed by atoms with E-state index in [1.165, 1.54) is 31.4 Å². The summed E-state index contributed by atoms with van der Waals surface area (Å²) >= 11 is 0. The van der Waals surface area contributed by atoms with Crippen LogP contribution < -0.4 is 5.32 Å². The Balaban J connectivity index is 2.96. The molecule has 120 valence electrons. The highest BCUT2D eigenvalue weighted by Crippen LogP contribution is 2.17. The number of hydrogen-bond acceptors (Lipinski definition) is 5. The van der Waals surface area contributed by atoms with Crippen molar-refractivity contribution >= 4 is 18.0 Å². The third kappa shape index (κ3) is 5.08. The molecule has 1 aromatic carbocycles. The molecule has 0 aliphatic carbocycles. The lowest BCUT2D eigenvalue weighted by Crippen LogP contribution is -2.38. The van der Waals surface area contributed by atoms with Gasteiger partial charge in [0, 0.05) is 0 Å². The van der Waals surface area contributed by atoms with Gasteiger partial charge in [-0.05, 0) is 38.5 Å². The number of rotatable bonds is 4. The minimum atomic E-state index is -1.08. The van der Waals surface area contributed by atoms with Gasteiger partial charge in [0.05, 0.1) is 12.7 Å². The van der Waals surface area contributed by atoms with E-state index in [-0.39, 0.29) is 5.56 Å². The fourth-order valence-electron chi connectivity index (χ4n) is 1.64. The number of carbonyl (C=O) groups is 3. The van der Waals surface area contributed by atoms with Crippen LogP contribution in [0.2, 0.25) is 0 Å². The lowest BCUT2D eigenvalue weighted by molar-refractivity contribution is -0.143. The quantitative estimate of drug-likeness (QED) is 0.826. The monoisotopic (exact) mass is 309 g/mol. The Labute approximate surface area is 128 Å². The van der Waals surface area contributed by atoms with Gasteiger partial charge in [-0.3, -0.25) is 0 Å². The number of ether oxygens (including phenoxy) is 2. The normalized spacial score (nSPS) is 12.2. The molecule has 0 bridgehead atoms. The predicted molar refractivity (Wildman–Crippen MR) is 77.5 cm³/mol. The summed E-state index contributed by atoms with van der Waals surface area (Å²) in [4.78, 5) is 34.5. The first-order valence-corrected chi connectivity index (χ1v) is 6.54. The van der Waals surface area contributed by atoms with E-state index in [0.717, 1.165) is 0 Å². The number of hydrogen-bond donors (Lipinski definition) is 2. The Hall–Kier alpha value is -2.57. The van der Waals surface area contributed by atoms with Gasteiger partial charge in [-0.15, -0.1) is 0 Å². The Morgan fingerprint density at radius 2 is 1.68 bits per heavy atom. The molecule has 0 aromatic heterocycles. The number of amides is 1. The lowest BCUT2D eigenvalue weighted by Gasteiger charge is -2.22. The molecule has 2 N–H and O–H groups in total. The molecule has 1 rings (SSSR count). The van der Waals surface area contributed by atoms with E-state index < -0.39 is 29.7 Å². The predicted octanol–water partition coefficient (Wildman–Crippen LogP) is 2.12. The molecular formula is C15H19NO6. The summed E-state index contributed by atoms with van der Waals surface area (Å²) in [6.45, 7) is 5.09. The smallest absolute Gasteiger partial charge is 0.408 e. The molecule has 7 heteroatoms. The van der Waals surface area contributed by atoms with Crippen LogP contribution in [0.4, 0.5) is 4.79 Å². The van der Waals surface area contributed by atoms with Gasteiger partial charge in [-0.1, -0.05) is 12.1 Å². The minimum absolute atomic E-state index is 0.0737. The van der Waals surface area contributed by atoms with Crippen LogP contribution in [0.15, 0.2) is 24.3 Å². The maximum Gasteiger partial charge on any atom is 0.408 e. The van der Waals surface area contributed by atoms with Gasteiger partial charge < -0.3 is 19.9 Å². The fourth-order valence-corrected chi connectivity index (χ4v) is 1.64. The first-order chi connectivity index (χ1) is 10.1. The molecule has 7 nitrogen and oxygen atoms in total. The summed E-state index contributed by atoms with van der Waals surface area (Å²) in [5.74, 6) is -1.77.